The van der Waals surface area contributed by atoms with Crippen LogP contribution in [0.25, 0.3) is 11.1 Å². The van der Waals surface area contributed by atoms with Gasteiger partial charge in [0.2, 0.25) is 0 Å². The molecule has 0 saturated carbocycles. The Morgan fingerprint density at radius 2 is 1.62 bits per heavy atom. The molecule has 0 aliphatic rings. The summed E-state index contributed by atoms with van der Waals surface area (Å²) in [5.41, 5.74) is -0.586. The summed E-state index contributed by atoms with van der Waals surface area (Å²) in [6.07, 6.45) is -9.12. The molecule has 3 nitrogen and oxygen atoms in total. The quantitative estimate of drug-likeness (QED) is 0.764. The standard InChI is InChI=1S/C17H13F6NO2/c1-9-6-14(25)13(7-12(9)15(26)24-8-16(18,19)20)10-2-4-11(5-3-10)17(21,22)23/h2-7,25H,8H2,1H3,(H,24,26). The van der Waals surface area contributed by atoms with Gasteiger partial charge in [-0.3, -0.25) is 4.79 Å². The van der Waals surface area contributed by atoms with E-state index in [0.717, 1.165) is 36.4 Å². The van der Waals surface area contributed by atoms with Gasteiger partial charge in [-0.05, 0) is 42.3 Å². The van der Waals surface area contributed by atoms with Crippen molar-refractivity contribution in [3.63, 3.8) is 0 Å². The number of carbonyl (C=O) groups excluding carboxylic acids is 1. The summed E-state index contributed by atoms with van der Waals surface area (Å²) in [4.78, 5) is 12.0. The monoisotopic (exact) mass is 377 g/mol. The number of halogens is 6. The third-order valence-electron chi connectivity index (χ3n) is 3.56. The molecule has 1 amide bonds. The smallest absolute Gasteiger partial charge is 0.416 e. The number of carbonyl (C=O) groups is 1. The maximum absolute atomic E-state index is 12.6. The molecule has 0 aliphatic heterocycles. The maximum atomic E-state index is 12.6. The molecule has 2 aromatic carbocycles. The number of hydrogen-bond acceptors (Lipinski definition) is 2. The summed E-state index contributed by atoms with van der Waals surface area (Å²) in [5, 5.41) is 11.7. The summed E-state index contributed by atoms with van der Waals surface area (Å²) >= 11 is 0. The predicted octanol–water partition coefficient (Wildman–Crippen LogP) is 4.68. The fraction of sp³-hybridized carbons (Fsp3) is 0.235. The van der Waals surface area contributed by atoms with Crippen LogP contribution in [0.5, 0.6) is 5.75 Å². The number of nitrogens with one attached hydrogen (secondary N) is 1. The van der Waals surface area contributed by atoms with Gasteiger partial charge in [-0.2, -0.15) is 26.3 Å². The van der Waals surface area contributed by atoms with E-state index in [1.807, 2.05) is 0 Å². The van der Waals surface area contributed by atoms with Crippen molar-refractivity contribution in [1.29, 1.82) is 0 Å². The van der Waals surface area contributed by atoms with Gasteiger partial charge in [-0.25, -0.2) is 0 Å². The Morgan fingerprint density at radius 1 is 1.04 bits per heavy atom. The number of alkyl halides is 6. The number of aryl methyl sites for hydroxylation is 1. The Labute approximate surface area is 144 Å². The highest BCUT2D eigenvalue weighted by Gasteiger charge is 2.30. The molecule has 0 heterocycles. The van der Waals surface area contributed by atoms with Gasteiger partial charge < -0.3 is 10.4 Å². The predicted molar refractivity (Wildman–Crippen MR) is 81.7 cm³/mol. The third-order valence-corrected chi connectivity index (χ3v) is 3.56. The normalized spacial score (nSPS) is 12.1. The molecule has 0 aliphatic carbocycles. The van der Waals surface area contributed by atoms with E-state index in [1.54, 1.807) is 5.32 Å². The first-order valence-corrected chi connectivity index (χ1v) is 7.24. The van der Waals surface area contributed by atoms with Crippen molar-refractivity contribution >= 4 is 5.91 Å². The number of phenolic OH excluding ortho intramolecular Hbond substituents is 1. The highest BCUT2D eigenvalue weighted by Crippen LogP contribution is 2.35. The molecule has 26 heavy (non-hydrogen) atoms. The van der Waals surface area contributed by atoms with Gasteiger partial charge in [-0.15, -0.1) is 0 Å². The second-order valence-corrected chi connectivity index (χ2v) is 5.56. The Kier molecular flexibility index (Phi) is 5.20. The molecule has 2 rings (SSSR count). The van der Waals surface area contributed by atoms with E-state index < -0.39 is 30.4 Å². The van der Waals surface area contributed by atoms with Crippen molar-refractivity contribution in [2.24, 2.45) is 0 Å². The molecule has 0 fully saturated rings. The van der Waals surface area contributed by atoms with E-state index in [2.05, 4.69) is 0 Å². The highest BCUT2D eigenvalue weighted by atomic mass is 19.4. The van der Waals surface area contributed by atoms with E-state index in [4.69, 9.17) is 0 Å². The fourth-order valence-electron chi connectivity index (χ4n) is 2.28. The van der Waals surface area contributed by atoms with E-state index in [-0.39, 0.29) is 28.0 Å². The molecule has 0 bridgehead atoms. The Morgan fingerprint density at radius 3 is 2.12 bits per heavy atom. The molecule has 0 spiro atoms. The molecule has 140 valence electrons. The zero-order valence-corrected chi connectivity index (χ0v) is 13.3. The van der Waals surface area contributed by atoms with E-state index in [0.29, 0.717) is 0 Å². The zero-order valence-electron chi connectivity index (χ0n) is 13.3. The van der Waals surface area contributed by atoms with Crippen LogP contribution >= 0.6 is 0 Å². The zero-order chi connectivity index (χ0) is 19.7. The minimum atomic E-state index is -4.59. The number of benzene rings is 2. The number of phenols is 1. The Hall–Kier alpha value is -2.71. The summed E-state index contributed by atoms with van der Waals surface area (Å²) in [5.74, 6) is -1.32. The molecular formula is C17H13F6NO2. The first-order chi connectivity index (χ1) is 11.9. The summed E-state index contributed by atoms with van der Waals surface area (Å²) in [7, 11) is 0. The molecule has 2 aromatic rings. The van der Waals surface area contributed by atoms with Crippen molar-refractivity contribution < 1.29 is 36.2 Å². The topological polar surface area (TPSA) is 49.3 Å². The van der Waals surface area contributed by atoms with E-state index in [9.17, 15) is 36.2 Å². The molecule has 0 unspecified atom stereocenters. The molecule has 0 atom stereocenters. The molecule has 0 aromatic heterocycles. The summed E-state index contributed by atoms with van der Waals surface area (Å²) in [6.45, 7) is -0.111. The fourth-order valence-corrected chi connectivity index (χ4v) is 2.28. The number of rotatable bonds is 3. The van der Waals surface area contributed by atoms with Gasteiger partial charge in [0.15, 0.2) is 0 Å². The second-order valence-electron chi connectivity index (χ2n) is 5.56. The average molecular weight is 377 g/mol. The van der Waals surface area contributed by atoms with Crippen LogP contribution in [0.2, 0.25) is 0 Å². The van der Waals surface area contributed by atoms with Gasteiger partial charge in [0.25, 0.3) is 5.91 Å². The van der Waals surface area contributed by atoms with Crippen molar-refractivity contribution in [2.45, 2.75) is 19.3 Å². The molecule has 9 heteroatoms. The van der Waals surface area contributed by atoms with Crippen molar-refractivity contribution in [3.05, 3.63) is 53.1 Å². The number of amides is 1. The lowest BCUT2D eigenvalue weighted by Gasteiger charge is -2.13. The molecule has 0 radical (unpaired) electrons. The van der Waals surface area contributed by atoms with Crippen LogP contribution in [-0.2, 0) is 6.18 Å². The van der Waals surface area contributed by atoms with Gasteiger partial charge in [-0.1, -0.05) is 12.1 Å². The largest absolute Gasteiger partial charge is 0.507 e. The maximum Gasteiger partial charge on any atom is 0.416 e. The van der Waals surface area contributed by atoms with Gasteiger partial charge in [0.05, 0.1) is 5.56 Å². The second kappa shape index (κ2) is 6.89. The molecule has 0 saturated heterocycles. The highest BCUT2D eigenvalue weighted by molar-refractivity contribution is 5.97. The van der Waals surface area contributed by atoms with Crippen molar-refractivity contribution in [1.82, 2.24) is 5.32 Å². The van der Waals surface area contributed by atoms with Crippen LogP contribution in [0.4, 0.5) is 26.3 Å². The Bertz CT molecular complexity index is 810. The first kappa shape index (κ1) is 19.6. The first-order valence-electron chi connectivity index (χ1n) is 7.24. The molecular weight excluding hydrogens is 364 g/mol. The van der Waals surface area contributed by atoms with Crippen LogP contribution in [0, 0.1) is 6.92 Å². The van der Waals surface area contributed by atoms with E-state index >= 15 is 0 Å². The minimum absolute atomic E-state index is 0.0292. The summed E-state index contributed by atoms with van der Waals surface area (Å²) < 4.78 is 74.5. The molecule has 2 N–H and O–H groups in total. The van der Waals surface area contributed by atoms with Crippen LogP contribution < -0.4 is 5.32 Å². The van der Waals surface area contributed by atoms with Gasteiger partial charge in [0, 0.05) is 11.1 Å². The minimum Gasteiger partial charge on any atom is -0.507 e. The lowest BCUT2D eigenvalue weighted by atomic mass is 9.97. The third kappa shape index (κ3) is 4.68. The van der Waals surface area contributed by atoms with Crippen LogP contribution in [-0.4, -0.2) is 23.7 Å². The van der Waals surface area contributed by atoms with Crippen LogP contribution in [0.1, 0.15) is 21.5 Å². The van der Waals surface area contributed by atoms with Crippen LogP contribution in [0.15, 0.2) is 36.4 Å². The van der Waals surface area contributed by atoms with Gasteiger partial charge >= 0.3 is 12.4 Å². The number of hydrogen-bond donors (Lipinski definition) is 2. The lowest BCUT2D eigenvalue weighted by Crippen LogP contribution is -2.34. The van der Waals surface area contributed by atoms with Crippen molar-refractivity contribution in [3.8, 4) is 16.9 Å². The SMILES string of the molecule is Cc1cc(O)c(-c2ccc(C(F)(F)F)cc2)cc1C(=O)NCC(F)(F)F. The van der Waals surface area contributed by atoms with Crippen LogP contribution in [0.3, 0.4) is 0 Å². The Balaban J connectivity index is 2.37. The van der Waals surface area contributed by atoms with Gasteiger partial charge in [0.1, 0.15) is 12.3 Å². The average Bonchev–Trinajstić information content (AvgIpc) is 2.51. The van der Waals surface area contributed by atoms with Crippen molar-refractivity contribution in [2.75, 3.05) is 6.54 Å². The lowest BCUT2D eigenvalue weighted by molar-refractivity contribution is -0.137. The summed E-state index contributed by atoms with van der Waals surface area (Å²) in [6, 6.07) is 6.11. The van der Waals surface area contributed by atoms with E-state index in [1.165, 1.54) is 6.92 Å². The number of aromatic hydroxyl groups is 1.